The van der Waals surface area contributed by atoms with E-state index < -0.39 is 14.5 Å². The fourth-order valence-corrected chi connectivity index (χ4v) is 1.49. The van der Waals surface area contributed by atoms with E-state index >= 15 is 0 Å². The monoisotopic (exact) mass is 158 g/mol. The first-order valence-electron chi connectivity index (χ1n) is 4.39. The largest absolute Gasteiger partial charge is 0.501 e. The molecule has 0 aliphatic rings. The molecule has 0 aromatic rings. The molecule has 0 aromatic carbocycles. The van der Waals surface area contributed by atoms with E-state index in [9.17, 15) is 0 Å². The summed E-state index contributed by atoms with van der Waals surface area (Å²) >= 11 is -0.722. The SMILES string of the molecule is CCCCCC[O][Al]([CH3])[CH3]. The lowest BCUT2D eigenvalue weighted by molar-refractivity contribution is 0.312. The smallest absolute Gasteiger partial charge is 0.453 e. The van der Waals surface area contributed by atoms with Crippen molar-refractivity contribution in [3.05, 3.63) is 0 Å². The lowest BCUT2D eigenvalue weighted by Crippen LogP contribution is -2.08. The van der Waals surface area contributed by atoms with Gasteiger partial charge in [0.2, 0.25) is 0 Å². The lowest BCUT2D eigenvalue weighted by Gasteiger charge is -2.03. The highest BCUT2D eigenvalue weighted by Crippen LogP contribution is 1.99. The van der Waals surface area contributed by atoms with E-state index in [1.54, 1.807) is 0 Å². The van der Waals surface area contributed by atoms with Crippen molar-refractivity contribution in [3.63, 3.8) is 0 Å². The second-order valence-electron chi connectivity index (χ2n) is 2.98. The Kier molecular flexibility index (Phi) is 7.97. The van der Waals surface area contributed by atoms with Gasteiger partial charge in [-0.1, -0.05) is 37.8 Å². The molecule has 0 unspecified atom stereocenters. The van der Waals surface area contributed by atoms with Crippen LogP contribution < -0.4 is 0 Å². The van der Waals surface area contributed by atoms with E-state index in [-0.39, 0.29) is 0 Å². The quantitative estimate of drug-likeness (QED) is 0.426. The van der Waals surface area contributed by atoms with Crippen LogP contribution in [0.1, 0.15) is 32.6 Å². The molecule has 0 atom stereocenters. The van der Waals surface area contributed by atoms with Gasteiger partial charge >= 0.3 is 14.5 Å². The maximum atomic E-state index is 5.53. The molecule has 0 saturated heterocycles. The summed E-state index contributed by atoms with van der Waals surface area (Å²) in [6.07, 6.45) is 5.29. The van der Waals surface area contributed by atoms with E-state index in [0.717, 1.165) is 6.61 Å². The molecular formula is C8H19AlO. The van der Waals surface area contributed by atoms with E-state index in [4.69, 9.17) is 3.79 Å². The van der Waals surface area contributed by atoms with Crippen molar-refractivity contribution in [2.45, 2.75) is 44.2 Å². The molecule has 10 heavy (non-hydrogen) atoms. The summed E-state index contributed by atoms with van der Waals surface area (Å²) in [4.78, 5) is 0. The molecular weight excluding hydrogens is 139 g/mol. The topological polar surface area (TPSA) is 9.23 Å². The molecule has 1 nitrogen and oxygen atoms in total. The Hall–Kier alpha value is 0.492. The number of unbranched alkanes of at least 4 members (excludes halogenated alkanes) is 3. The second-order valence-corrected chi connectivity index (χ2v) is 5.41. The van der Waals surface area contributed by atoms with Crippen molar-refractivity contribution < 1.29 is 3.79 Å². The first kappa shape index (κ1) is 10.5. The van der Waals surface area contributed by atoms with Crippen LogP contribution in [0.25, 0.3) is 0 Å². The lowest BCUT2D eigenvalue weighted by atomic mass is 10.2. The molecule has 0 fully saturated rings. The Morgan fingerprint density at radius 3 is 2.30 bits per heavy atom. The summed E-state index contributed by atoms with van der Waals surface area (Å²) in [5, 5.41) is 0. The van der Waals surface area contributed by atoms with E-state index in [1.165, 1.54) is 25.7 Å². The molecule has 60 valence electrons. The van der Waals surface area contributed by atoms with Crippen LogP contribution in [-0.4, -0.2) is 21.1 Å². The van der Waals surface area contributed by atoms with Crippen LogP contribution in [0.2, 0.25) is 11.6 Å². The predicted molar refractivity (Wildman–Crippen MR) is 47.6 cm³/mol. The van der Waals surface area contributed by atoms with Crippen molar-refractivity contribution in [2.75, 3.05) is 6.61 Å². The van der Waals surface area contributed by atoms with Crippen molar-refractivity contribution in [1.29, 1.82) is 0 Å². The summed E-state index contributed by atoms with van der Waals surface area (Å²) in [6.45, 7) is 3.24. The Bertz CT molecular complexity index is 64.3. The van der Waals surface area contributed by atoms with Crippen LogP contribution in [0.3, 0.4) is 0 Å². The van der Waals surface area contributed by atoms with Crippen molar-refractivity contribution >= 4 is 14.5 Å². The summed E-state index contributed by atoms with van der Waals surface area (Å²) in [5.74, 6) is 4.44. The zero-order valence-corrected chi connectivity index (χ0v) is 8.68. The Balaban J connectivity index is 2.77. The van der Waals surface area contributed by atoms with E-state index in [1.807, 2.05) is 0 Å². The summed E-state index contributed by atoms with van der Waals surface area (Å²) < 4.78 is 5.53. The minimum absolute atomic E-state index is 0.722. The zero-order chi connectivity index (χ0) is 7.82. The molecule has 0 rings (SSSR count). The predicted octanol–water partition coefficient (Wildman–Crippen LogP) is 2.83. The van der Waals surface area contributed by atoms with Gasteiger partial charge in [0, 0.05) is 6.61 Å². The van der Waals surface area contributed by atoms with E-state index in [2.05, 4.69) is 18.5 Å². The summed E-state index contributed by atoms with van der Waals surface area (Å²) in [6, 6.07) is 0. The standard InChI is InChI=1S/C6H13O.2CH3.Al/c1-2-3-4-5-6-7;;;/h2-6H2,1H3;2*1H3;/q-1;;;+1. The molecule has 0 aromatic heterocycles. The molecule has 2 heteroatoms. The highest BCUT2D eigenvalue weighted by molar-refractivity contribution is 6.48. The molecule has 0 heterocycles. The van der Waals surface area contributed by atoms with Crippen LogP contribution >= 0.6 is 0 Å². The third-order valence-corrected chi connectivity index (χ3v) is 2.35. The van der Waals surface area contributed by atoms with Crippen LogP contribution in [0.5, 0.6) is 0 Å². The minimum Gasteiger partial charge on any atom is -0.501 e. The summed E-state index contributed by atoms with van der Waals surface area (Å²) in [5.41, 5.74) is 0. The molecule has 0 N–H and O–H groups in total. The van der Waals surface area contributed by atoms with Crippen LogP contribution in [0.15, 0.2) is 0 Å². The van der Waals surface area contributed by atoms with Gasteiger partial charge in [-0.15, -0.1) is 0 Å². The Morgan fingerprint density at radius 1 is 1.10 bits per heavy atom. The summed E-state index contributed by atoms with van der Waals surface area (Å²) in [7, 11) is 0. The van der Waals surface area contributed by atoms with Gasteiger partial charge in [-0.05, 0) is 6.42 Å². The third-order valence-electron chi connectivity index (χ3n) is 1.45. The van der Waals surface area contributed by atoms with Gasteiger partial charge in [-0.3, -0.25) is 0 Å². The molecule has 0 amide bonds. The van der Waals surface area contributed by atoms with Crippen molar-refractivity contribution in [2.24, 2.45) is 0 Å². The number of rotatable bonds is 6. The van der Waals surface area contributed by atoms with Gasteiger partial charge in [0.25, 0.3) is 0 Å². The number of hydrogen-bond donors (Lipinski definition) is 0. The zero-order valence-electron chi connectivity index (χ0n) is 7.52. The minimum atomic E-state index is -0.722. The Labute approximate surface area is 69.5 Å². The molecule has 0 aliphatic carbocycles. The van der Waals surface area contributed by atoms with Crippen molar-refractivity contribution in [3.8, 4) is 0 Å². The van der Waals surface area contributed by atoms with Crippen LogP contribution in [0.4, 0.5) is 0 Å². The van der Waals surface area contributed by atoms with Gasteiger partial charge in [0.15, 0.2) is 0 Å². The first-order valence-corrected chi connectivity index (χ1v) is 7.17. The van der Waals surface area contributed by atoms with Gasteiger partial charge in [0.05, 0.1) is 0 Å². The molecule has 0 radical (unpaired) electrons. The van der Waals surface area contributed by atoms with Gasteiger partial charge in [0.1, 0.15) is 0 Å². The fourth-order valence-electron chi connectivity index (χ4n) is 0.848. The maximum absolute atomic E-state index is 5.53. The highest BCUT2D eigenvalue weighted by Gasteiger charge is 2.01. The molecule has 0 bridgehead atoms. The average molecular weight is 158 g/mol. The fraction of sp³-hybridized carbons (Fsp3) is 1.00. The Morgan fingerprint density at radius 2 is 1.80 bits per heavy atom. The average Bonchev–Trinajstić information content (AvgIpc) is 1.87. The second kappa shape index (κ2) is 7.60. The maximum Gasteiger partial charge on any atom is 0.453 e. The highest BCUT2D eigenvalue weighted by atomic mass is 27.2. The van der Waals surface area contributed by atoms with E-state index in [0.29, 0.717) is 0 Å². The number of hydrogen-bond acceptors (Lipinski definition) is 1. The van der Waals surface area contributed by atoms with Gasteiger partial charge in [-0.25, -0.2) is 0 Å². The first-order chi connectivity index (χ1) is 4.77. The van der Waals surface area contributed by atoms with Crippen molar-refractivity contribution in [1.82, 2.24) is 0 Å². The van der Waals surface area contributed by atoms with Crippen LogP contribution in [-0.2, 0) is 3.79 Å². The molecule has 0 saturated carbocycles. The van der Waals surface area contributed by atoms with Gasteiger partial charge in [-0.2, -0.15) is 0 Å². The molecule has 0 spiro atoms. The van der Waals surface area contributed by atoms with Gasteiger partial charge < -0.3 is 3.79 Å². The molecule has 0 aliphatic heterocycles. The third kappa shape index (κ3) is 8.49. The normalized spacial score (nSPS) is 9.90. The van der Waals surface area contributed by atoms with Crippen LogP contribution in [0, 0.1) is 0 Å².